The van der Waals surface area contributed by atoms with Crippen LogP contribution in [0.15, 0.2) is 60.8 Å². The maximum Gasteiger partial charge on any atom is 0.445 e. The number of alkyl halides is 3. The van der Waals surface area contributed by atoms with Gasteiger partial charge < -0.3 is 24.8 Å². The number of sulfonamides is 1. The third kappa shape index (κ3) is 8.74. The molecule has 0 spiro atoms. The number of anilines is 4. The number of nitrogens with zero attached hydrogens (tertiary/aromatic N) is 3. The smallest absolute Gasteiger partial charge is 0.415 e. The Kier molecular flexibility index (Phi) is 10.4. The van der Waals surface area contributed by atoms with E-state index >= 15 is 0 Å². The molecule has 2 aliphatic heterocycles. The van der Waals surface area contributed by atoms with Crippen LogP contribution in [-0.2, 0) is 20.4 Å². The zero-order chi connectivity index (χ0) is 38.1. The molecule has 2 aromatic heterocycles. The van der Waals surface area contributed by atoms with Gasteiger partial charge in [0.2, 0.25) is 10.0 Å². The van der Waals surface area contributed by atoms with E-state index in [0.29, 0.717) is 43.6 Å². The standard InChI is InChI=1S/C22H28N6O3S.C14H9ClF3NO2/c1-15(2)24-19-5-4-8-23-21(19)27-9-11-28(12-10-27)22(29)20-14-16-13-17(26-32(3,30)31)6-7-18(16)25-20;15-9-3-4-11-10(7-9)13(14(16,17)18,21-12(20)19-11)6-5-8-1-2-8/h4-8,13-15,24-26H,9-12H2,1-3H3;3-4,7-8H,1-2H2,(H,19,20)/t;13-/m.0/s1. The topological polar surface area (TPSA) is 149 Å². The SMILES string of the molecule is CC(C)Nc1cccnc1N1CCN(C(=O)c2cc3cc(NS(C)(=O)=O)ccc3[nH]2)CC1.O=C1Nc2ccc(Cl)cc2[C@@](C#CC2CC2)(C(F)(F)F)O1. The lowest BCUT2D eigenvalue weighted by Gasteiger charge is -2.36. The van der Waals surface area contributed by atoms with Gasteiger partial charge in [0.15, 0.2) is 5.82 Å². The number of H-pyrrole nitrogens is 1. The monoisotopic (exact) mass is 771 g/mol. The normalized spacial score (nSPS) is 18.5. The van der Waals surface area contributed by atoms with Gasteiger partial charge in [-0.3, -0.25) is 14.8 Å². The Bertz CT molecular complexity index is 2210. The van der Waals surface area contributed by atoms with Gasteiger partial charge in [0.1, 0.15) is 5.69 Å². The van der Waals surface area contributed by atoms with Gasteiger partial charge in [-0.05, 0) is 87.2 Å². The Morgan fingerprint density at radius 3 is 2.49 bits per heavy atom. The summed E-state index contributed by atoms with van der Waals surface area (Å²) >= 11 is 5.78. The van der Waals surface area contributed by atoms with Crippen molar-refractivity contribution in [1.29, 1.82) is 0 Å². The van der Waals surface area contributed by atoms with Gasteiger partial charge in [0, 0.05) is 71.5 Å². The summed E-state index contributed by atoms with van der Waals surface area (Å²) in [5, 5.41) is 6.54. The Hall–Kier alpha value is -5.14. The second-order valence-corrected chi connectivity index (χ2v) is 15.4. The number of pyridine rings is 1. The number of ether oxygens (including phenoxy) is 1. The number of carbonyl (C=O) groups is 2. The van der Waals surface area contributed by atoms with Gasteiger partial charge in [-0.15, -0.1) is 0 Å². The van der Waals surface area contributed by atoms with E-state index in [1.165, 1.54) is 12.1 Å². The minimum absolute atomic E-state index is 0.00179. The van der Waals surface area contributed by atoms with Gasteiger partial charge in [0.25, 0.3) is 11.5 Å². The molecule has 4 heterocycles. The summed E-state index contributed by atoms with van der Waals surface area (Å²) in [5.74, 6) is 5.44. The second kappa shape index (κ2) is 14.7. The number of amides is 2. The number of hydrogen-bond acceptors (Lipinski definition) is 8. The van der Waals surface area contributed by atoms with E-state index in [1.54, 1.807) is 30.5 Å². The van der Waals surface area contributed by atoms with E-state index in [4.69, 9.17) is 11.6 Å². The number of cyclic esters (lactones) is 1. The second-order valence-electron chi connectivity index (χ2n) is 13.2. The largest absolute Gasteiger partial charge is 0.445 e. The summed E-state index contributed by atoms with van der Waals surface area (Å²) in [6.07, 6.45) is -1.64. The van der Waals surface area contributed by atoms with Crippen molar-refractivity contribution in [1.82, 2.24) is 14.9 Å². The molecule has 1 saturated carbocycles. The maximum atomic E-state index is 13.6. The number of benzene rings is 2. The Morgan fingerprint density at radius 2 is 1.83 bits per heavy atom. The van der Waals surface area contributed by atoms with Crippen LogP contribution in [0.3, 0.4) is 0 Å². The molecule has 2 amide bonds. The van der Waals surface area contributed by atoms with Crippen LogP contribution in [0.2, 0.25) is 5.02 Å². The molecule has 0 unspecified atom stereocenters. The Labute approximate surface area is 309 Å². The fourth-order valence-corrected chi connectivity index (χ4v) is 6.67. The van der Waals surface area contributed by atoms with E-state index in [1.807, 2.05) is 17.0 Å². The highest BCUT2D eigenvalue weighted by Gasteiger charge is 2.62. The van der Waals surface area contributed by atoms with Crippen molar-refractivity contribution in [3.05, 3.63) is 77.1 Å². The lowest BCUT2D eigenvalue weighted by Crippen LogP contribution is -2.49. The van der Waals surface area contributed by atoms with Gasteiger partial charge in [-0.1, -0.05) is 17.5 Å². The number of nitrogens with one attached hydrogen (secondary N) is 4. The molecule has 53 heavy (non-hydrogen) atoms. The summed E-state index contributed by atoms with van der Waals surface area (Å²) in [5.41, 5.74) is -0.538. The summed E-state index contributed by atoms with van der Waals surface area (Å²) in [4.78, 5) is 36.3. The molecule has 12 nitrogen and oxygen atoms in total. The number of fused-ring (bicyclic) bond motifs is 2. The van der Waals surface area contributed by atoms with Crippen molar-refractivity contribution >= 4 is 67.4 Å². The maximum absolute atomic E-state index is 13.6. The van der Waals surface area contributed by atoms with Crippen molar-refractivity contribution in [2.24, 2.45) is 5.92 Å². The number of aromatic nitrogens is 2. The van der Waals surface area contributed by atoms with Crippen molar-refractivity contribution in [2.45, 2.75) is 44.5 Å². The van der Waals surface area contributed by atoms with Crippen LogP contribution in [0.5, 0.6) is 0 Å². The Morgan fingerprint density at radius 1 is 1.09 bits per heavy atom. The van der Waals surface area contributed by atoms with E-state index < -0.39 is 27.9 Å². The van der Waals surface area contributed by atoms with Crippen LogP contribution in [0, 0.1) is 17.8 Å². The molecule has 280 valence electrons. The van der Waals surface area contributed by atoms with Gasteiger partial charge in [-0.2, -0.15) is 13.2 Å². The van der Waals surface area contributed by atoms with Crippen LogP contribution in [-0.4, -0.2) is 79.9 Å². The highest BCUT2D eigenvalue weighted by atomic mass is 35.5. The van der Waals surface area contributed by atoms with Crippen LogP contribution < -0.4 is 20.3 Å². The minimum atomic E-state index is -4.87. The molecule has 0 radical (unpaired) electrons. The van der Waals surface area contributed by atoms with Gasteiger partial charge >= 0.3 is 12.3 Å². The number of rotatable bonds is 6. The predicted molar refractivity (Wildman–Crippen MR) is 198 cm³/mol. The predicted octanol–water partition coefficient (Wildman–Crippen LogP) is 6.79. The van der Waals surface area contributed by atoms with Gasteiger partial charge in [0.05, 0.1) is 17.6 Å². The first-order valence-corrected chi connectivity index (χ1v) is 19.0. The quantitative estimate of drug-likeness (QED) is 0.157. The number of carbonyl (C=O) groups excluding carboxylic acids is 2. The molecule has 3 aliphatic rings. The highest BCUT2D eigenvalue weighted by Crippen LogP contribution is 2.48. The van der Waals surface area contributed by atoms with E-state index in [9.17, 15) is 31.2 Å². The number of aromatic amines is 1. The zero-order valence-corrected chi connectivity index (χ0v) is 30.5. The van der Waals surface area contributed by atoms with Crippen molar-refractivity contribution in [3.63, 3.8) is 0 Å². The van der Waals surface area contributed by atoms with E-state index in [-0.39, 0.29) is 28.1 Å². The average molecular weight is 772 g/mol. The molecule has 17 heteroatoms. The minimum Gasteiger partial charge on any atom is -0.415 e. The summed E-state index contributed by atoms with van der Waals surface area (Å²) < 4.78 is 70.8. The third-order valence-electron chi connectivity index (χ3n) is 8.52. The third-order valence-corrected chi connectivity index (χ3v) is 9.37. The summed E-state index contributed by atoms with van der Waals surface area (Å²) in [6, 6.07) is 15.0. The number of piperazine rings is 1. The molecule has 1 saturated heterocycles. The lowest BCUT2D eigenvalue weighted by atomic mass is 9.90. The molecular formula is C36H37ClF3N7O5S. The highest BCUT2D eigenvalue weighted by molar-refractivity contribution is 7.92. The van der Waals surface area contributed by atoms with Crippen molar-refractivity contribution < 1.29 is 35.9 Å². The molecule has 7 rings (SSSR count). The fraction of sp³-hybridized carbons (Fsp3) is 0.361. The number of halogens is 4. The zero-order valence-electron chi connectivity index (χ0n) is 29.0. The first-order chi connectivity index (χ1) is 25.0. The lowest BCUT2D eigenvalue weighted by molar-refractivity contribution is -0.239. The molecule has 2 fully saturated rings. The first kappa shape index (κ1) is 37.6. The number of hydrogen-bond donors (Lipinski definition) is 4. The molecule has 4 aromatic rings. The average Bonchev–Trinajstić information content (AvgIpc) is 3.82. The van der Waals surface area contributed by atoms with Crippen LogP contribution in [0.1, 0.15) is 42.7 Å². The molecule has 0 bridgehead atoms. The van der Waals surface area contributed by atoms with Crippen LogP contribution >= 0.6 is 11.6 Å². The van der Waals surface area contributed by atoms with Gasteiger partial charge in [-0.25, -0.2) is 18.2 Å². The van der Waals surface area contributed by atoms with Crippen molar-refractivity contribution in [3.8, 4) is 11.8 Å². The summed E-state index contributed by atoms with van der Waals surface area (Å²) in [7, 11) is -3.36. The molecule has 1 atom stereocenters. The van der Waals surface area contributed by atoms with Crippen LogP contribution in [0.25, 0.3) is 10.9 Å². The molecule has 1 aliphatic carbocycles. The van der Waals surface area contributed by atoms with Crippen molar-refractivity contribution in [2.75, 3.05) is 52.7 Å². The fourth-order valence-electron chi connectivity index (χ4n) is 5.94. The summed E-state index contributed by atoms with van der Waals surface area (Å²) in [6.45, 7) is 6.75. The van der Waals surface area contributed by atoms with E-state index in [2.05, 4.69) is 60.6 Å². The molecule has 4 N–H and O–H groups in total. The van der Waals surface area contributed by atoms with Crippen LogP contribution in [0.4, 0.5) is 40.8 Å². The first-order valence-electron chi connectivity index (χ1n) is 16.8. The Balaban J connectivity index is 0.000000198. The molecule has 2 aromatic carbocycles. The molecular weight excluding hydrogens is 735 g/mol. The van der Waals surface area contributed by atoms with E-state index in [0.717, 1.165) is 47.6 Å².